The van der Waals surface area contributed by atoms with Crippen LogP contribution in [0.5, 0.6) is 11.5 Å². The van der Waals surface area contributed by atoms with Gasteiger partial charge < -0.3 is 29.4 Å². The van der Waals surface area contributed by atoms with Crippen LogP contribution in [0.4, 0.5) is 0 Å². The minimum absolute atomic E-state index is 0.0152. The van der Waals surface area contributed by atoms with Gasteiger partial charge >= 0.3 is 0 Å². The second-order valence-corrected chi connectivity index (χ2v) is 6.88. The molecule has 30 heavy (non-hydrogen) atoms. The van der Waals surface area contributed by atoms with E-state index < -0.39 is 0 Å². The van der Waals surface area contributed by atoms with Crippen molar-refractivity contribution in [2.45, 2.75) is 45.7 Å². The van der Waals surface area contributed by atoms with Crippen LogP contribution in [0.1, 0.15) is 37.8 Å². The zero-order valence-corrected chi connectivity index (χ0v) is 18.1. The standard InChI is InChI=1S/C24H35NO5/c1-3-27-18-29-23-14-7-5-10-20(23)12-9-13-22(17-26)25-16-21-11-6-8-15-24(21)30-19-28-4-2/h5-8,10-11,14-15,22,25-26H,3-4,9,12-13,16-19H2,1-2H3. The first-order chi connectivity index (χ1) is 14.8. The van der Waals surface area contributed by atoms with Crippen molar-refractivity contribution >= 4 is 0 Å². The maximum absolute atomic E-state index is 9.79. The number of aryl methyl sites for hydroxylation is 1. The van der Waals surface area contributed by atoms with Crippen molar-refractivity contribution in [3.8, 4) is 11.5 Å². The van der Waals surface area contributed by atoms with Crippen LogP contribution in [0.3, 0.4) is 0 Å². The van der Waals surface area contributed by atoms with E-state index in [-0.39, 0.29) is 26.2 Å². The average Bonchev–Trinajstić information content (AvgIpc) is 2.78. The van der Waals surface area contributed by atoms with E-state index in [1.54, 1.807) is 0 Å². The first-order valence-electron chi connectivity index (χ1n) is 10.7. The fraction of sp³-hybridized carbons (Fsp3) is 0.500. The van der Waals surface area contributed by atoms with Gasteiger partial charge in [-0.05, 0) is 50.8 Å². The van der Waals surface area contributed by atoms with Crippen LogP contribution >= 0.6 is 0 Å². The Morgan fingerprint density at radius 2 is 1.40 bits per heavy atom. The molecule has 1 unspecified atom stereocenters. The Morgan fingerprint density at radius 1 is 0.833 bits per heavy atom. The van der Waals surface area contributed by atoms with Crippen molar-refractivity contribution < 1.29 is 24.1 Å². The molecule has 2 N–H and O–H groups in total. The summed E-state index contributed by atoms with van der Waals surface area (Å²) in [6, 6.07) is 15.9. The number of benzene rings is 2. The van der Waals surface area contributed by atoms with Gasteiger partial charge in [-0.15, -0.1) is 0 Å². The molecule has 0 saturated heterocycles. The maximum Gasteiger partial charge on any atom is 0.189 e. The Labute approximate surface area is 180 Å². The zero-order chi connectivity index (χ0) is 21.4. The lowest BCUT2D eigenvalue weighted by atomic mass is 10.0. The summed E-state index contributed by atoms with van der Waals surface area (Å²) in [6.07, 6.45) is 2.68. The molecule has 2 aromatic rings. The molecule has 0 heterocycles. The van der Waals surface area contributed by atoms with E-state index in [9.17, 15) is 5.11 Å². The lowest BCUT2D eigenvalue weighted by Crippen LogP contribution is -2.32. The largest absolute Gasteiger partial charge is 0.467 e. The molecular formula is C24H35NO5. The fourth-order valence-corrected chi connectivity index (χ4v) is 3.07. The van der Waals surface area contributed by atoms with Crippen molar-refractivity contribution in [1.82, 2.24) is 5.32 Å². The SMILES string of the molecule is CCOCOc1ccccc1CCCC(CO)NCc1ccccc1OCOCC. The van der Waals surface area contributed by atoms with E-state index in [1.165, 1.54) is 0 Å². The number of aliphatic hydroxyl groups excluding tert-OH is 1. The smallest absolute Gasteiger partial charge is 0.189 e. The highest BCUT2D eigenvalue weighted by Gasteiger charge is 2.10. The molecule has 6 nitrogen and oxygen atoms in total. The summed E-state index contributed by atoms with van der Waals surface area (Å²) in [5.74, 6) is 1.66. The molecular weight excluding hydrogens is 382 g/mol. The van der Waals surface area contributed by atoms with Gasteiger partial charge in [0.1, 0.15) is 11.5 Å². The van der Waals surface area contributed by atoms with E-state index >= 15 is 0 Å². The summed E-state index contributed by atoms with van der Waals surface area (Å²) in [6.45, 7) is 6.35. The second-order valence-electron chi connectivity index (χ2n) is 6.88. The zero-order valence-electron chi connectivity index (χ0n) is 18.1. The molecule has 0 fully saturated rings. The van der Waals surface area contributed by atoms with E-state index in [2.05, 4.69) is 11.4 Å². The average molecular weight is 418 g/mol. The minimum atomic E-state index is 0.0152. The Hall–Kier alpha value is -2.12. The summed E-state index contributed by atoms with van der Waals surface area (Å²) in [5.41, 5.74) is 2.20. The molecule has 0 aliphatic carbocycles. The van der Waals surface area contributed by atoms with Gasteiger partial charge in [-0.3, -0.25) is 0 Å². The molecule has 0 bridgehead atoms. The molecule has 6 heteroatoms. The van der Waals surface area contributed by atoms with E-state index in [1.807, 2.05) is 56.3 Å². The lowest BCUT2D eigenvalue weighted by Gasteiger charge is -2.18. The van der Waals surface area contributed by atoms with Crippen molar-refractivity contribution in [2.75, 3.05) is 33.4 Å². The van der Waals surface area contributed by atoms with Gasteiger partial charge in [-0.1, -0.05) is 36.4 Å². The van der Waals surface area contributed by atoms with Crippen LogP contribution < -0.4 is 14.8 Å². The maximum atomic E-state index is 9.79. The molecule has 0 aromatic heterocycles. The van der Waals surface area contributed by atoms with Crippen molar-refractivity contribution in [1.29, 1.82) is 0 Å². The summed E-state index contributed by atoms with van der Waals surface area (Å²) in [7, 11) is 0. The summed E-state index contributed by atoms with van der Waals surface area (Å²) < 4.78 is 22.0. The van der Waals surface area contributed by atoms with E-state index in [0.717, 1.165) is 41.9 Å². The molecule has 0 amide bonds. The normalized spacial score (nSPS) is 12.0. The van der Waals surface area contributed by atoms with Gasteiger partial charge in [0.05, 0.1) is 6.61 Å². The molecule has 0 spiro atoms. The first kappa shape index (κ1) is 24.2. The highest BCUT2D eigenvalue weighted by molar-refractivity contribution is 5.34. The Morgan fingerprint density at radius 3 is 2.00 bits per heavy atom. The highest BCUT2D eigenvalue weighted by Crippen LogP contribution is 2.21. The van der Waals surface area contributed by atoms with Crippen molar-refractivity contribution in [2.24, 2.45) is 0 Å². The predicted molar refractivity (Wildman–Crippen MR) is 118 cm³/mol. The van der Waals surface area contributed by atoms with Crippen LogP contribution in [-0.2, 0) is 22.4 Å². The number of rotatable bonds is 16. The van der Waals surface area contributed by atoms with E-state index in [4.69, 9.17) is 18.9 Å². The number of para-hydroxylation sites is 2. The van der Waals surface area contributed by atoms with Crippen LogP contribution in [0.25, 0.3) is 0 Å². The molecule has 0 saturated carbocycles. The topological polar surface area (TPSA) is 69.2 Å². The van der Waals surface area contributed by atoms with Crippen molar-refractivity contribution in [3.05, 3.63) is 59.7 Å². The molecule has 0 aliphatic rings. The van der Waals surface area contributed by atoms with Gasteiger partial charge in [-0.25, -0.2) is 0 Å². The Bertz CT molecular complexity index is 710. The van der Waals surface area contributed by atoms with Gasteiger partial charge in [-0.2, -0.15) is 0 Å². The fourth-order valence-electron chi connectivity index (χ4n) is 3.07. The summed E-state index contributed by atoms with van der Waals surface area (Å²) in [5, 5.41) is 13.2. The van der Waals surface area contributed by atoms with Crippen LogP contribution in [-0.4, -0.2) is 44.6 Å². The Balaban J connectivity index is 1.81. The van der Waals surface area contributed by atoms with Crippen molar-refractivity contribution in [3.63, 3.8) is 0 Å². The number of ether oxygens (including phenoxy) is 4. The molecule has 0 radical (unpaired) electrons. The first-order valence-corrected chi connectivity index (χ1v) is 10.7. The number of hydrogen-bond donors (Lipinski definition) is 2. The molecule has 0 aliphatic heterocycles. The molecule has 1 atom stereocenters. The lowest BCUT2D eigenvalue weighted by molar-refractivity contribution is 0.0215. The third kappa shape index (κ3) is 8.71. The quantitative estimate of drug-likeness (QED) is 0.319. The number of hydrogen-bond acceptors (Lipinski definition) is 6. The van der Waals surface area contributed by atoms with Gasteiger partial charge in [0, 0.05) is 31.4 Å². The number of aliphatic hydroxyl groups is 1. The molecule has 2 aromatic carbocycles. The predicted octanol–water partition coefficient (Wildman–Crippen LogP) is 3.91. The van der Waals surface area contributed by atoms with Crippen LogP contribution in [0, 0.1) is 0 Å². The van der Waals surface area contributed by atoms with Gasteiger partial charge in [0.2, 0.25) is 0 Å². The van der Waals surface area contributed by atoms with E-state index in [0.29, 0.717) is 19.8 Å². The van der Waals surface area contributed by atoms with Gasteiger partial charge in [0.25, 0.3) is 0 Å². The molecule has 2 rings (SSSR count). The highest BCUT2D eigenvalue weighted by atomic mass is 16.7. The third-order valence-electron chi connectivity index (χ3n) is 4.75. The third-order valence-corrected chi connectivity index (χ3v) is 4.75. The monoisotopic (exact) mass is 417 g/mol. The minimum Gasteiger partial charge on any atom is -0.467 e. The summed E-state index contributed by atoms with van der Waals surface area (Å²) in [4.78, 5) is 0. The van der Waals surface area contributed by atoms with Crippen LogP contribution in [0.2, 0.25) is 0 Å². The second kappa shape index (κ2) is 14.8. The number of nitrogens with one attached hydrogen (secondary N) is 1. The van der Waals surface area contributed by atoms with Gasteiger partial charge in [0.15, 0.2) is 13.6 Å². The summed E-state index contributed by atoms with van der Waals surface area (Å²) >= 11 is 0. The molecule has 166 valence electrons. The van der Waals surface area contributed by atoms with Crippen LogP contribution in [0.15, 0.2) is 48.5 Å². The Kier molecular flexibility index (Phi) is 11.9.